The fourth-order valence-corrected chi connectivity index (χ4v) is 16.8. The molecular weight excluding hydrogens is 1860 g/mol. The summed E-state index contributed by atoms with van der Waals surface area (Å²) in [6.07, 6.45) is 38.1. The predicted molar refractivity (Wildman–Crippen MR) is 566 cm³/mol. The molecular formula is C115H216O30. The number of carbonyl (C=O) groups is 10. The molecule has 8 rings (SSSR count). The lowest BCUT2D eigenvalue weighted by atomic mass is 9.55. The molecule has 0 aromatic rings. The van der Waals surface area contributed by atoms with Gasteiger partial charge >= 0.3 is 59.7 Å². The average Bonchev–Trinajstić information content (AvgIpc) is 1.04. The number of esters is 10. The Morgan fingerprint density at radius 1 is 0.248 bits per heavy atom. The normalized spacial score (nSPS) is 20.7. The van der Waals surface area contributed by atoms with Crippen molar-refractivity contribution in [3.05, 3.63) is 0 Å². The smallest absolute Gasteiger partial charge is 0.310 e. The lowest BCUT2D eigenvalue weighted by molar-refractivity contribution is -0.197. The first-order valence-electron chi connectivity index (χ1n) is 56.6. The molecule has 0 saturated heterocycles. The first kappa shape index (κ1) is 143. The predicted octanol–water partition coefficient (Wildman–Crippen LogP) is 26.2. The Morgan fingerprint density at radius 2 is 0.517 bits per heavy atom. The molecule has 145 heavy (non-hydrogen) atoms. The maximum atomic E-state index is 11.8. The molecule has 0 aromatic heterocycles. The van der Waals surface area contributed by atoms with E-state index in [1.807, 2.05) is 187 Å². The standard InChI is InChI=1S/C16H26O3.C14H26O3.C13H24O3.2C12H22O3.C12H24O3.C11H22O3.C10H20O3.C8H16O3.C7H14O3/c1-3-10(2)16(17)19-9-18-15-13-5-11-4-12(7-13)8-14(15)6-11;1-4-11(3)13(15)17-14(16-5-2)12-9-7-6-8-10-12;1-4-10(2)12(14)16-13(15-3)11-8-6-5-7-9-11;1-4-9(2)11(13)15-12(14-3)10-7-5-6-8-10;1-3-10(2)12(13)15-9-14-11-7-5-4-6-8-11;1-6-9(4)11(13)15-12(14-5)10(7-2)8-3;1-6-9(5)10(12)14-11(8(3)4)13-7-2;1-6-8(4)9(11)13-10(12-5)7(2)3;1-4-7(3)8(9)11-6-10-5-2;1-4-6(2)7(8)10-5-9-3/h10-15H,3-9H2,1-2H3;11-12,14H,4-10H2,1-3H3;10-11,13H,4-9H2,1-3H3;9-10,12H,4-8H2,1-3H3;10-11H,3-9H2,1-2H3;9-10,12H,6-8H2,1-5H3;8-9,11H,6-7H2,1-5H3;7-8,10H,6H2,1-5H3;7H,4-6H2,1-3H3;6H,4-5H2,1-3H3. The highest BCUT2D eigenvalue weighted by Crippen LogP contribution is 2.55. The summed E-state index contributed by atoms with van der Waals surface area (Å²) in [6, 6.07) is 0. The minimum atomic E-state index is -0.415. The fourth-order valence-electron chi connectivity index (χ4n) is 16.8. The third-order valence-corrected chi connectivity index (χ3v) is 29.0. The Morgan fingerprint density at radius 3 is 0.807 bits per heavy atom. The van der Waals surface area contributed by atoms with Crippen molar-refractivity contribution < 1.29 is 143 Å². The Balaban J connectivity index is -0.00000155. The Bertz CT molecular complexity index is 3160. The summed E-state index contributed by atoms with van der Waals surface area (Å²) >= 11 is 0. The van der Waals surface area contributed by atoms with Gasteiger partial charge in [-0.25, -0.2) is 0 Å². The zero-order valence-corrected chi connectivity index (χ0v) is 97.8. The maximum Gasteiger partial charge on any atom is 0.310 e. The van der Waals surface area contributed by atoms with Gasteiger partial charge in [0.2, 0.25) is 37.7 Å². The van der Waals surface area contributed by atoms with E-state index in [1.54, 1.807) is 28.4 Å². The molecule has 0 heterocycles. The lowest BCUT2D eigenvalue weighted by Crippen LogP contribution is -2.49. The van der Waals surface area contributed by atoms with Crippen LogP contribution in [0.15, 0.2) is 0 Å². The minimum absolute atomic E-state index is 0.0119. The van der Waals surface area contributed by atoms with E-state index < -0.39 is 12.6 Å². The highest BCUT2D eigenvalue weighted by molar-refractivity contribution is 5.75. The van der Waals surface area contributed by atoms with Crippen molar-refractivity contribution in [2.45, 2.75) is 482 Å². The minimum Gasteiger partial charge on any atom is -0.438 e. The second kappa shape index (κ2) is 88.8. The molecule has 8 aliphatic carbocycles. The Hall–Kier alpha value is -5.70. The van der Waals surface area contributed by atoms with Gasteiger partial charge < -0.3 is 94.7 Å². The van der Waals surface area contributed by atoms with Gasteiger partial charge in [0.05, 0.1) is 71.4 Å². The number of ether oxygens (including phenoxy) is 20. The van der Waals surface area contributed by atoms with Gasteiger partial charge in [-0.05, 0) is 205 Å². The maximum absolute atomic E-state index is 11.8. The molecule has 0 amide bonds. The van der Waals surface area contributed by atoms with Crippen LogP contribution in [0.1, 0.15) is 432 Å². The number of hydrogen-bond donors (Lipinski definition) is 0. The number of rotatable bonds is 53. The number of hydrogen-bond acceptors (Lipinski definition) is 30. The van der Waals surface area contributed by atoms with Crippen molar-refractivity contribution in [2.75, 3.05) is 82.5 Å². The fraction of sp³-hybridized carbons (Fsp3) is 0.913. The van der Waals surface area contributed by atoms with Gasteiger partial charge in [0.15, 0.2) is 27.2 Å². The number of methoxy groups -OCH3 is 5. The first-order valence-corrected chi connectivity index (χ1v) is 56.6. The van der Waals surface area contributed by atoms with Crippen molar-refractivity contribution >= 4 is 59.7 Å². The molecule has 30 heteroatoms. The van der Waals surface area contributed by atoms with Gasteiger partial charge in [0, 0.05) is 90.9 Å². The molecule has 8 fully saturated rings. The van der Waals surface area contributed by atoms with Crippen LogP contribution in [0.25, 0.3) is 0 Å². The molecule has 16 atom stereocenters. The zero-order valence-electron chi connectivity index (χ0n) is 97.8. The summed E-state index contributed by atoms with van der Waals surface area (Å²) < 4.78 is 104. The third kappa shape index (κ3) is 64.0. The molecule has 0 spiro atoms. The molecule has 16 unspecified atom stereocenters. The molecule has 0 aliphatic heterocycles. The first-order chi connectivity index (χ1) is 69.0. The summed E-state index contributed by atoms with van der Waals surface area (Å²) in [5.74, 6) is 3.50. The van der Waals surface area contributed by atoms with Crippen LogP contribution in [-0.4, -0.2) is 192 Å². The molecule has 856 valence electrons. The second-order valence-corrected chi connectivity index (χ2v) is 41.3. The highest BCUT2D eigenvalue weighted by atomic mass is 16.7. The SMILES string of the molecule is CCC(C)C(=O)OC(OC)C(C)C.CCC(C)C(=O)OC(OC)C(CC)CC.CCC(C)C(=O)OC(OC)C1CCCC1.CCC(C)C(=O)OC(OC)C1CCCCC1.CCC(C)C(=O)OCOC.CCC(C)C(=O)OCOC1C2CC3CC(C2)CC1C3.CCC(C)C(=O)OCOC1CCCCC1.CCOC(OC(=O)C(C)CC)C(C)C.CCOC(OC(=O)C(C)CC)C1CCCCC1.CCOCOC(=O)C(C)CC. The molecule has 4 bridgehead atoms. The van der Waals surface area contributed by atoms with Crippen LogP contribution < -0.4 is 0 Å². The van der Waals surface area contributed by atoms with Crippen LogP contribution in [0, 0.1) is 118 Å². The van der Waals surface area contributed by atoms with E-state index in [9.17, 15) is 47.9 Å². The van der Waals surface area contributed by atoms with E-state index >= 15 is 0 Å². The Kier molecular flexibility index (Phi) is 87.9. The summed E-state index contributed by atoms with van der Waals surface area (Å²) in [5, 5.41) is 0. The van der Waals surface area contributed by atoms with E-state index in [2.05, 4.69) is 23.3 Å². The van der Waals surface area contributed by atoms with Gasteiger partial charge in [0.1, 0.15) is 0 Å². The second-order valence-electron chi connectivity index (χ2n) is 41.3. The van der Waals surface area contributed by atoms with E-state index in [4.69, 9.17) is 85.3 Å². The average molecular weight is 2080 g/mol. The topological polar surface area (TPSA) is 355 Å². The van der Waals surface area contributed by atoms with Crippen molar-refractivity contribution in [1.82, 2.24) is 0 Å². The molecule has 0 radical (unpaired) electrons. The van der Waals surface area contributed by atoms with Crippen LogP contribution in [-0.2, 0) is 143 Å². The van der Waals surface area contributed by atoms with Gasteiger partial charge in [-0.15, -0.1) is 0 Å². The van der Waals surface area contributed by atoms with Gasteiger partial charge in [0.25, 0.3) is 0 Å². The van der Waals surface area contributed by atoms with Crippen molar-refractivity contribution in [1.29, 1.82) is 0 Å². The van der Waals surface area contributed by atoms with Crippen LogP contribution in [0.3, 0.4) is 0 Å². The van der Waals surface area contributed by atoms with Gasteiger partial charge in [-0.1, -0.05) is 251 Å². The van der Waals surface area contributed by atoms with Gasteiger partial charge in [-0.2, -0.15) is 0 Å². The van der Waals surface area contributed by atoms with E-state index in [0.717, 1.165) is 152 Å². The molecule has 8 saturated carbocycles. The third-order valence-electron chi connectivity index (χ3n) is 29.0. The van der Waals surface area contributed by atoms with E-state index in [0.29, 0.717) is 55.7 Å². The summed E-state index contributed by atoms with van der Waals surface area (Å²) in [6.45, 7) is 58.5. The van der Waals surface area contributed by atoms with Crippen LogP contribution in [0.2, 0.25) is 0 Å². The largest absolute Gasteiger partial charge is 0.438 e. The lowest BCUT2D eigenvalue weighted by Gasteiger charge is -2.53. The molecule has 8 aliphatic rings. The molecule has 30 nitrogen and oxygen atoms in total. The van der Waals surface area contributed by atoms with Gasteiger partial charge in [-0.3, -0.25) is 47.9 Å². The Labute approximate surface area is 880 Å². The molecule has 0 N–H and O–H groups in total. The van der Waals surface area contributed by atoms with E-state index in [-0.39, 0.29) is 183 Å². The van der Waals surface area contributed by atoms with Crippen LogP contribution in [0.4, 0.5) is 0 Å². The highest BCUT2D eigenvalue weighted by Gasteiger charge is 2.49. The van der Waals surface area contributed by atoms with Crippen molar-refractivity contribution in [2.24, 2.45) is 118 Å². The monoisotopic (exact) mass is 2080 g/mol. The summed E-state index contributed by atoms with van der Waals surface area (Å²) in [7, 11) is 7.88. The summed E-state index contributed by atoms with van der Waals surface area (Å²) in [5.41, 5.74) is 0. The van der Waals surface area contributed by atoms with Crippen molar-refractivity contribution in [3.8, 4) is 0 Å². The molecule has 0 aromatic carbocycles. The zero-order chi connectivity index (χ0) is 110. The van der Waals surface area contributed by atoms with Crippen LogP contribution >= 0.6 is 0 Å². The summed E-state index contributed by atoms with van der Waals surface area (Å²) in [4.78, 5) is 114. The van der Waals surface area contributed by atoms with E-state index in [1.165, 1.54) is 110 Å². The van der Waals surface area contributed by atoms with Crippen molar-refractivity contribution in [3.63, 3.8) is 0 Å². The number of carbonyl (C=O) groups excluding carboxylic acids is 10. The quantitative estimate of drug-likeness (QED) is 0.0236. The van der Waals surface area contributed by atoms with Crippen LogP contribution in [0.5, 0.6) is 0 Å².